The molecule has 1 saturated heterocycles. The van der Waals surface area contributed by atoms with E-state index in [1.54, 1.807) is 0 Å². The van der Waals surface area contributed by atoms with E-state index in [2.05, 4.69) is 15.9 Å². The lowest BCUT2D eigenvalue weighted by Gasteiger charge is -2.16. The first kappa shape index (κ1) is 16.2. The molecule has 1 aliphatic rings. The second-order valence-electron chi connectivity index (χ2n) is 5.62. The third-order valence-corrected chi connectivity index (χ3v) is 4.14. The van der Waals surface area contributed by atoms with Gasteiger partial charge in [0.25, 0.3) is 5.56 Å². The van der Waals surface area contributed by atoms with Crippen LogP contribution < -0.4 is 17.0 Å². The second kappa shape index (κ2) is 5.77. The van der Waals surface area contributed by atoms with Gasteiger partial charge >= 0.3 is 5.69 Å². The SMILES string of the molecule is C#CCn1c(=O)n(C2O[C@H](CO)[C@@H](F)[C@H]2C)c2nc(N)[nH]c(=O)c21. The van der Waals surface area contributed by atoms with Gasteiger partial charge in [0, 0.05) is 5.92 Å². The molecule has 1 unspecified atom stereocenters. The highest BCUT2D eigenvalue weighted by molar-refractivity contribution is 5.72. The number of hydrogen-bond donors (Lipinski definition) is 3. The first-order valence-corrected chi connectivity index (χ1v) is 7.25. The summed E-state index contributed by atoms with van der Waals surface area (Å²) >= 11 is 0. The van der Waals surface area contributed by atoms with Crippen LogP contribution in [0.4, 0.5) is 10.3 Å². The highest BCUT2D eigenvalue weighted by Crippen LogP contribution is 2.36. The molecular weight excluding hydrogens is 321 g/mol. The van der Waals surface area contributed by atoms with Crippen molar-refractivity contribution in [3.05, 3.63) is 20.8 Å². The molecule has 9 nitrogen and oxygen atoms in total. The number of nitrogen functional groups attached to an aromatic ring is 1. The van der Waals surface area contributed by atoms with Crippen LogP contribution in [0.1, 0.15) is 13.2 Å². The molecule has 0 amide bonds. The van der Waals surface area contributed by atoms with Gasteiger partial charge in [0.1, 0.15) is 18.5 Å². The topological polar surface area (TPSA) is 128 Å². The van der Waals surface area contributed by atoms with Gasteiger partial charge in [-0.1, -0.05) is 12.8 Å². The van der Waals surface area contributed by atoms with Crippen LogP contribution in [0.3, 0.4) is 0 Å². The van der Waals surface area contributed by atoms with Gasteiger partial charge in [0.15, 0.2) is 11.2 Å². The van der Waals surface area contributed by atoms with Gasteiger partial charge in [-0.3, -0.25) is 14.3 Å². The molecule has 2 aromatic rings. The number of anilines is 1. The summed E-state index contributed by atoms with van der Waals surface area (Å²) in [4.78, 5) is 31.2. The summed E-state index contributed by atoms with van der Waals surface area (Å²) in [5.74, 6) is 1.35. The smallest absolute Gasteiger partial charge is 0.333 e. The van der Waals surface area contributed by atoms with Gasteiger partial charge in [-0.25, -0.2) is 13.8 Å². The second-order valence-corrected chi connectivity index (χ2v) is 5.62. The lowest BCUT2D eigenvalue weighted by molar-refractivity contribution is -0.0381. The van der Waals surface area contributed by atoms with Crippen molar-refractivity contribution in [1.82, 2.24) is 19.1 Å². The van der Waals surface area contributed by atoms with E-state index < -0.39 is 42.3 Å². The standard InChI is InChI=1S/C14H16FN5O4/c1-3-4-19-9-10(17-13(16)18-11(9)22)20(14(19)23)12-6(2)8(15)7(5-21)24-12/h1,6-8,12,21H,4-5H2,2H3,(H3,16,17,18,22)/t6-,7-,8+,12?/m1/s1. The zero-order chi connectivity index (χ0) is 17.6. The summed E-state index contributed by atoms with van der Waals surface area (Å²) in [7, 11) is 0. The number of terminal acetylenes is 1. The van der Waals surface area contributed by atoms with E-state index in [1.807, 2.05) is 0 Å². The number of aliphatic hydroxyl groups is 1. The maximum Gasteiger partial charge on any atom is 0.333 e. The van der Waals surface area contributed by atoms with E-state index in [0.29, 0.717) is 0 Å². The van der Waals surface area contributed by atoms with Gasteiger partial charge in [-0.05, 0) is 0 Å². The number of aromatic nitrogens is 4. The maximum absolute atomic E-state index is 14.2. The lowest BCUT2D eigenvalue weighted by atomic mass is 10.0. The maximum atomic E-state index is 14.2. The van der Waals surface area contributed by atoms with Crippen molar-refractivity contribution in [3.8, 4) is 12.3 Å². The van der Waals surface area contributed by atoms with Crippen molar-refractivity contribution >= 4 is 17.1 Å². The van der Waals surface area contributed by atoms with E-state index in [0.717, 1.165) is 9.13 Å². The fourth-order valence-electron chi connectivity index (χ4n) is 2.98. The summed E-state index contributed by atoms with van der Waals surface area (Å²) in [5, 5.41) is 9.20. The van der Waals surface area contributed by atoms with Crippen molar-refractivity contribution in [2.75, 3.05) is 12.3 Å². The van der Waals surface area contributed by atoms with Gasteiger partial charge in [-0.2, -0.15) is 4.98 Å². The number of rotatable bonds is 3. The molecule has 24 heavy (non-hydrogen) atoms. The third-order valence-electron chi connectivity index (χ3n) is 4.14. The highest BCUT2D eigenvalue weighted by atomic mass is 19.1. The molecule has 2 aromatic heterocycles. The van der Waals surface area contributed by atoms with Crippen molar-refractivity contribution < 1.29 is 14.2 Å². The molecule has 1 fully saturated rings. The molecule has 10 heteroatoms. The molecule has 0 aliphatic carbocycles. The predicted molar refractivity (Wildman–Crippen MR) is 82.9 cm³/mol. The molecular formula is C14H16FN5O4. The van der Waals surface area contributed by atoms with Crippen LogP contribution in [0.15, 0.2) is 9.59 Å². The third kappa shape index (κ3) is 2.21. The monoisotopic (exact) mass is 337 g/mol. The Labute approximate surface area is 134 Å². The van der Waals surface area contributed by atoms with E-state index in [-0.39, 0.29) is 23.7 Å². The average Bonchev–Trinajstić information content (AvgIpc) is 2.96. The van der Waals surface area contributed by atoms with Crippen LogP contribution >= 0.6 is 0 Å². The number of imidazole rings is 1. The van der Waals surface area contributed by atoms with Crippen LogP contribution in [0.2, 0.25) is 0 Å². The van der Waals surface area contributed by atoms with Crippen molar-refractivity contribution in [1.29, 1.82) is 0 Å². The van der Waals surface area contributed by atoms with E-state index >= 15 is 0 Å². The zero-order valence-electron chi connectivity index (χ0n) is 12.8. The minimum absolute atomic E-state index is 0.0425. The number of aliphatic hydroxyl groups excluding tert-OH is 1. The molecule has 0 saturated carbocycles. The molecule has 4 N–H and O–H groups in total. The largest absolute Gasteiger partial charge is 0.394 e. The van der Waals surface area contributed by atoms with Crippen LogP contribution in [-0.2, 0) is 11.3 Å². The number of nitrogens with two attached hydrogens (primary N) is 1. The molecule has 1 aliphatic heterocycles. The fourth-order valence-corrected chi connectivity index (χ4v) is 2.98. The summed E-state index contributed by atoms with van der Waals surface area (Å²) in [6, 6.07) is 0. The quantitative estimate of drug-likeness (QED) is 0.614. The number of nitrogens with one attached hydrogen (secondary N) is 1. The van der Waals surface area contributed by atoms with Crippen LogP contribution in [0.5, 0.6) is 0 Å². The Kier molecular flexibility index (Phi) is 3.90. The number of hydrogen-bond acceptors (Lipinski definition) is 6. The minimum atomic E-state index is -1.47. The van der Waals surface area contributed by atoms with Gasteiger partial charge in [0.05, 0.1) is 13.2 Å². The average molecular weight is 337 g/mol. The van der Waals surface area contributed by atoms with Crippen molar-refractivity contribution in [3.63, 3.8) is 0 Å². The fraction of sp³-hybridized carbons (Fsp3) is 0.500. The Morgan fingerprint density at radius 1 is 1.54 bits per heavy atom. The number of aromatic amines is 1. The number of halogens is 1. The van der Waals surface area contributed by atoms with Gasteiger partial charge in [0.2, 0.25) is 5.95 Å². The molecule has 0 radical (unpaired) electrons. The molecule has 4 atom stereocenters. The summed E-state index contributed by atoms with van der Waals surface area (Å²) < 4.78 is 21.8. The number of fused-ring (bicyclic) bond motifs is 1. The Hall–Kier alpha value is -2.64. The van der Waals surface area contributed by atoms with Crippen LogP contribution in [0.25, 0.3) is 11.2 Å². The molecule has 0 bridgehead atoms. The number of ether oxygens (including phenoxy) is 1. The van der Waals surface area contributed by atoms with E-state index in [4.69, 9.17) is 16.9 Å². The number of nitrogens with zero attached hydrogens (tertiary/aromatic N) is 3. The molecule has 3 heterocycles. The van der Waals surface area contributed by atoms with Gasteiger partial charge < -0.3 is 15.6 Å². The minimum Gasteiger partial charge on any atom is -0.394 e. The zero-order valence-corrected chi connectivity index (χ0v) is 12.8. The van der Waals surface area contributed by atoms with E-state index in [1.165, 1.54) is 6.92 Å². The normalized spacial score (nSPS) is 26.8. The number of alkyl halides is 1. The summed E-state index contributed by atoms with van der Waals surface area (Å²) in [5.41, 5.74) is 4.16. The van der Waals surface area contributed by atoms with Gasteiger partial charge in [-0.15, -0.1) is 6.42 Å². The summed E-state index contributed by atoms with van der Waals surface area (Å²) in [6.45, 7) is 0.842. The Bertz CT molecular complexity index is 940. The van der Waals surface area contributed by atoms with E-state index in [9.17, 15) is 19.1 Å². The van der Waals surface area contributed by atoms with Crippen molar-refractivity contribution in [2.45, 2.75) is 32.0 Å². The Morgan fingerprint density at radius 2 is 2.25 bits per heavy atom. The molecule has 128 valence electrons. The Morgan fingerprint density at radius 3 is 2.83 bits per heavy atom. The molecule has 0 spiro atoms. The molecule has 0 aromatic carbocycles. The highest BCUT2D eigenvalue weighted by Gasteiger charge is 2.44. The lowest BCUT2D eigenvalue weighted by Crippen LogP contribution is -2.30. The van der Waals surface area contributed by atoms with Crippen molar-refractivity contribution in [2.24, 2.45) is 5.92 Å². The number of H-pyrrole nitrogens is 1. The first-order chi connectivity index (χ1) is 11.4. The summed E-state index contributed by atoms with van der Waals surface area (Å²) in [6.07, 6.45) is 1.67. The predicted octanol–water partition coefficient (Wildman–Crippen LogP) is -1.03. The van der Waals surface area contributed by atoms with Crippen LogP contribution in [0, 0.1) is 18.3 Å². The molecule has 3 rings (SSSR count). The Balaban J connectivity index is 2.30. The van der Waals surface area contributed by atoms with Crippen LogP contribution in [-0.4, -0.2) is 43.1 Å². The first-order valence-electron chi connectivity index (χ1n) is 7.25.